The van der Waals surface area contributed by atoms with E-state index < -0.39 is 0 Å². The molecule has 0 atom stereocenters. The predicted octanol–water partition coefficient (Wildman–Crippen LogP) is 8.95. The zero-order chi connectivity index (χ0) is 28.8. The van der Waals surface area contributed by atoms with Crippen molar-refractivity contribution < 1.29 is 0 Å². The van der Waals surface area contributed by atoms with Crippen LogP contribution in [0.1, 0.15) is 56.6 Å². The van der Waals surface area contributed by atoms with Crippen LogP contribution in [0.2, 0.25) is 0 Å². The largest absolute Gasteiger partial charge is 0.381 e. The molecule has 0 spiro atoms. The zero-order valence-electron chi connectivity index (χ0n) is 24.9. The maximum atomic E-state index is 3.55. The van der Waals surface area contributed by atoms with E-state index in [1.54, 1.807) is 5.57 Å². The van der Waals surface area contributed by atoms with Crippen molar-refractivity contribution >= 4 is 38.3 Å². The van der Waals surface area contributed by atoms with E-state index in [0.29, 0.717) is 0 Å². The van der Waals surface area contributed by atoms with Crippen LogP contribution in [-0.4, -0.2) is 6.54 Å². The van der Waals surface area contributed by atoms with Gasteiger partial charge in [0, 0.05) is 12.2 Å². The average Bonchev–Trinajstić information content (AvgIpc) is 3.08. The molecule has 1 heterocycles. The van der Waals surface area contributed by atoms with E-state index in [0.717, 1.165) is 38.6 Å². The van der Waals surface area contributed by atoms with Crippen LogP contribution in [-0.2, 0) is 0 Å². The molecule has 4 aromatic rings. The summed E-state index contributed by atoms with van der Waals surface area (Å²) >= 11 is 0. The molecule has 1 aliphatic heterocycles. The molecule has 0 radical (unpaired) electrons. The van der Waals surface area contributed by atoms with Gasteiger partial charge in [-0.2, -0.15) is 0 Å². The first kappa shape index (κ1) is 26.0. The minimum Gasteiger partial charge on any atom is -0.381 e. The molecule has 0 aromatic heterocycles. The molecule has 3 aliphatic carbocycles. The second kappa shape index (κ2) is 10.9. The van der Waals surface area contributed by atoms with Crippen LogP contribution in [0.25, 0.3) is 38.3 Å². The maximum Gasteiger partial charge on any atom is 0.0375 e. The Bertz CT molecular complexity index is 2070. The monoisotopic (exact) mass is 555 g/mol. The molecule has 4 aliphatic rings. The fraction of sp³-hybridized carbons (Fsp3) is 0.190. The second-order valence-electron chi connectivity index (χ2n) is 12.3. The summed E-state index contributed by atoms with van der Waals surface area (Å²) in [5.74, 6) is 0. The van der Waals surface area contributed by atoms with Crippen LogP contribution in [0.4, 0.5) is 0 Å². The summed E-state index contributed by atoms with van der Waals surface area (Å²) in [7, 11) is 0. The van der Waals surface area contributed by atoms with Crippen molar-refractivity contribution in [2.75, 3.05) is 6.54 Å². The Morgan fingerprint density at radius 3 is 1.65 bits per heavy atom. The van der Waals surface area contributed by atoms with Crippen LogP contribution in [0, 0.1) is 0 Å². The molecular formula is C42H37N. The SMILES string of the molecule is CC1=CC=C(C2=c3ccccc3=C(c3c4ccccc4c(C4=CC=C(C5=CC=CCN5)CC4)c4ccccc34)CC2)CC1. The third kappa shape index (κ3) is 4.55. The van der Waals surface area contributed by atoms with Crippen molar-refractivity contribution in [3.63, 3.8) is 0 Å². The molecule has 0 unspecified atom stereocenters. The van der Waals surface area contributed by atoms with Gasteiger partial charge in [0.25, 0.3) is 0 Å². The molecule has 0 fully saturated rings. The smallest absolute Gasteiger partial charge is 0.0375 e. The van der Waals surface area contributed by atoms with Crippen molar-refractivity contribution in [1.29, 1.82) is 0 Å². The van der Waals surface area contributed by atoms with E-state index in [-0.39, 0.29) is 0 Å². The number of hydrogen-bond acceptors (Lipinski definition) is 1. The normalized spacial score (nSPS) is 18.4. The summed E-state index contributed by atoms with van der Waals surface area (Å²) in [6.45, 7) is 3.16. The lowest BCUT2D eigenvalue weighted by molar-refractivity contribution is 0.857. The first-order valence-corrected chi connectivity index (χ1v) is 15.9. The summed E-state index contributed by atoms with van der Waals surface area (Å²) in [6, 6.07) is 27.5. The van der Waals surface area contributed by atoms with Crippen molar-refractivity contribution in [2.45, 2.75) is 45.4 Å². The Balaban J connectivity index is 1.38. The van der Waals surface area contributed by atoms with Crippen molar-refractivity contribution in [3.05, 3.63) is 159 Å². The molecule has 0 bridgehead atoms. The summed E-state index contributed by atoms with van der Waals surface area (Å²) in [4.78, 5) is 0. The highest BCUT2D eigenvalue weighted by molar-refractivity contribution is 6.16. The molecular weight excluding hydrogens is 518 g/mol. The lowest BCUT2D eigenvalue weighted by atomic mass is 9.79. The first-order chi connectivity index (χ1) is 21.3. The minimum absolute atomic E-state index is 0.909. The van der Waals surface area contributed by atoms with Gasteiger partial charge in [0.1, 0.15) is 0 Å². The third-order valence-corrected chi connectivity index (χ3v) is 9.81. The molecule has 0 saturated carbocycles. The quantitative estimate of drug-likeness (QED) is 0.248. The van der Waals surface area contributed by atoms with Crippen LogP contribution < -0.4 is 15.8 Å². The summed E-state index contributed by atoms with van der Waals surface area (Å²) in [6.07, 6.45) is 22.5. The van der Waals surface area contributed by atoms with Crippen LogP contribution in [0.5, 0.6) is 0 Å². The van der Waals surface area contributed by atoms with Crippen LogP contribution in [0.3, 0.4) is 0 Å². The number of rotatable bonds is 4. The molecule has 0 saturated heterocycles. The highest BCUT2D eigenvalue weighted by atomic mass is 14.9. The van der Waals surface area contributed by atoms with Crippen LogP contribution >= 0.6 is 0 Å². The Morgan fingerprint density at radius 1 is 0.488 bits per heavy atom. The molecule has 210 valence electrons. The fourth-order valence-corrected chi connectivity index (χ4v) is 7.66. The number of allylic oxidation sites excluding steroid dienone is 10. The maximum absolute atomic E-state index is 3.55. The standard InChI is InChI=1S/C42H37N/c1-28-17-19-29(20-18-28)32-25-26-39(34-11-3-2-10-33(32)34)42-37-14-6-4-12-35(37)41(36-13-5-7-15-38(36)42)31-23-21-30(22-24-31)40-16-8-9-27-43-40/h2-17,19,21,23,43H,18,20,22,24-27H2,1H3. The fourth-order valence-electron chi connectivity index (χ4n) is 7.66. The Hall–Kier alpha value is -4.62. The lowest BCUT2D eigenvalue weighted by Crippen LogP contribution is -2.33. The highest BCUT2D eigenvalue weighted by Crippen LogP contribution is 2.43. The molecule has 1 N–H and O–H groups in total. The second-order valence-corrected chi connectivity index (χ2v) is 12.3. The number of fused-ring (bicyclic) bond motifs is 3. The number of nitrogens with one attached hydrogen (secondary N) is 1. The van der Waals surface area contributed by atoms with Gasteiger partial charge in [0.2, 0.25) is 0 Å². The average molecular weight is 556 g/mol. The highest BCUT2D eigenvalue weighted by Gasteiger charge is 2.23. The summed E-state index contributed by atoms with van der Waals surface area (Å²) < 4.78 is 0. The van der Waals surface area contributed by atoms with E-state index in [1.807, 2.05) is 0 Å². The van der Waals surface area contributed by atoms with E-state index >= 15 is 0 Å². The summed E-state index contributed by atoms with van der Waals surface area (Å²) in [5, 5.41) is 11.9. The predicted molar refractivity (Wildman–Crippen MR) is 184 cm³/mol. The molecule has 0 amide bonds. The van der Waals surface area contributed by atoms with Crippen molar-refractivity contribution in [3.8, 4) is 0 Å². The van der Waals surface area contributed by atoms with E-state index in [2.05, 4.69) is 128 Å². The van der Waals surface area contributed by atoms with Gasteiger partial charge in [-0.3, -0.25) is 0 Å². The van der Waals surface area contributed by atoms with E-state index in [9.17, 15) is 0 Å². The van der Waals surface area contributed by atoms with Crippen LogP contribution in [0.15, 0.2) is 138 Å². The van der Waals surface area contributed by atoms with Gasteiger partial charge in [-0.1, -0.05) is 115 Å². The van der Waals surface area contributed by atoms with Gasteiger partial charge < -0.3 is 5.32 Å². The number of hydrogen-bond donors (Lipinski definition) is 1. The molecule has 1 heteroatoms. The summed E-state index contributed by atoms with van der Waals surface area (Å²) in [5.41, 5.74) is 13.0. The Labute approximate surface area is 254 Å². The topological polar surface area (TPSA) is 12.0 Å². The van der Waals surface area contributed by atoms with Gasteiger partial charge in [0.05, 0.1) is 0 Å². The molecule has 43 heavy (non-hydrogen) atoms. The van der Waals surface area contributed by atoms with Crippen molar-refractivity contribution in [2.24, 2.45) is 0 Å². The molecule has 8 rings (SSSR count). The van der Waals surface area contributed by atoms with Gasteiger partial charge in [-0.05, 0) is 122 Å². The third-order valence-electron chi connectivity index (χ3n) is 9.81. The Morgan fingerprint density at radius 2 is 1.05 bits per heavy atom. The van der Waals surface area contributed by atoms with E-state index in [4.69, 9.17) is 0 Å². The number of dihydropyridines is 1. The van der Waals surface area contributed by atoms with Gasteiger partial charge in [-0.25, -0.2) is 0 Å². The van der Waals surface area contributed by atoms with Gasteiger partial charge >= 0.3 is 0 Å². The first-order valence-electron chi connectivity index (χ1n) is 15.9. The molecule has 4 aromatic carbocycles. The minimum atomic E-state index is 0.909. The van der Waals surface area contributed by atoms with Crippen molar-refractivity contribution in [1.82, 2.24) is 5.32 Å². The Kier molecular flexibility index (Phi) is 6.60. The number of benzene rings is 4. The molecule has 1 nitrogen and oxygen atoms in total. The zero-order valence-corrected chi connectivity index (χ0v) is 24.9. The van der Waals surface area contributed by atoms with E-state index in [1.165, 1.54) is 83.1 Å². The lowest BCUT2D eigenvalue weighted by Gasteiger charge is -2.25. The van der Waals surface area contributed by atoms with Gasteiger partial charge in [-0.15, -0.1) is 0 Å². The van der Waals surface area contributed by atoms with Gasteiger partial charge in [0.15, 0.2) is 0 Å².